The molecule has 0 radical (unpaired) electrons. The fraction of sp³-hybridized carbons (Fsp3) is 0.154. The number of tetrazole rings is 1. The molecule has 2 heterocycles. The Morgan fingerprint density at radius 3 is 2.70 bits per heavy atom. The van der Waals surface area contributed by atoms with Crippen LogP contribution in [0.4, 0.5) is 11.4 Å². The highest BCUT2D eigenvalue weighted by Gasteiger charge is 2.10. The Morgan fingerprint density at radius 1 is 1.35 bits per heavy atom. The summed E-state index contributed by atoms with van der Waals surface area (Å²) in [5, 5.41) is 25.5. The van der Waals surface area contributed by atoms with Crippen molar-refractivity contribution in [2.45, 2.75) is 0 Å². The van der Waals surface area contributed by atoms with E-state index in [1.165, 1.54) is 6.20 Å². The molecule has 0 fully saturated rings. The van der Waals surface area contributed by atoms with Crippen LogP contribution in [0.15, 0.2) is 23.1 Å². The van der Waals surface area contributed by atoms with Crippen molar-refractivity contribution in [2.24, 2.45) is 0 Å². The standard InChI is InChI=1S/C13H13N9O/c1-22(2)11-4-9-8(16-13(23)17-9)3-10(11)15-6-7(5-14)12-18-20-21-19-12/h3-4,6,15H,1-2H3,(H2,16,17,23)(H,18,19,20,21). The van der Waals surface area contributed by atoms with Crippen LogP contribution in [0.2, 0.25) is 0 Å². The normalized spacial score (nSPS) is 11.4. The van der Waals surface area contributed by atoms with Crippen molar-refractivity contribution in [3.05, 3.63) is 34.6 Å². The second-order valence-electron chi connectivity index (χ2n) is 4.94. The van der Waals surface area contributed by atoms with E-state index in [9.17, 15) is 10.1 Å². The summed E-state index contributed by atoms with van der Waals surface area (Å²) in [4.78, 5) is 18.7. The van der Waals surface area contributed by atoms with Crippen LogP contribution in [0.5, 0.6) is 0 Å². The summed E-state index contributed by atoms with van der Waals surface area (Å²) in [6.45, 7) is 0. The van der Waals surface area contributed by atoms with Crippen LogP contribution in [0, 0.1) is 11.3 Å². The first-order valence-corrected chi connectivity index (χ1v) is 6.62. The third kappa shape index (κ3) is 2.75. The Morgan fingerprint density at radius 2 is 2.09 bits per heavy atom. The minimum atomic E-state index is -0.276. The van der Waals surface area contributed by atoms with Gasteiger partial charge in [-0.2, -0.15) is 10.5 Å². The number of nitriles is 1. The van der Waals surface area contributed by atoms with Gasteiger partial charge in [-0.05, 0) is 17.3 Å². The molecular formula is C13H13N9O. The Balaban J connectivity index is 2.03. The number of H-pyrrole nitrogens is 3. The number of fused-ring (bicyclic) bond motifs is 1. The highest BCUT2D eigenvalue weighted by Crippen LogP contribution is 2.28. The molecule has 2 aromatic heterocycles. The molecule has 0 saturated heterocycles. The smallest absolute Gasteiger partial charge is 0.323 e. The van der Waals surface area contributed by atoms with Gasteiger partial charge in [-0.15, -0.1) is 10.2 Å². The molecule has 0 aliphatic heterocycles. The molecule has 0 aliphatic carbocycles. The van der Waals surface area contributed by atoms with Gasteiger partial charge >= 0.3 is 5.69 Å². The van der Waals surface area contributed by atoms with Crippen molar-refractivity contribution in [3.63, 3.8) is 0 Å². The van der Waals surface area contributed by atoms with Crippen molar-refractivity contribution in [1.82, 2.24) is 30.6 Å². The van der Waals surface area contributed by atoms with Crippen LogP contribution >= 0.6 is 0 Å². The van der Waals surface area contributed by atoms with E-state index in [0.29, 0.717) is 16.7 Å². The lowest BCUT2D eigenvalue weighted by Crippen LogP contribution is -2.11. The first-order chi connectivity index (χ1) is 11.1. The number of rotatable bonds is 4. The summed E-state index contributed by atoms with van der Waals surface area (Å²) in [6.07, 6.45) is 1.49. The minimum Gasteiger partial charge on any atom is -0.376 e. The number of aromatic amines is 3. The Hall–Kier alpha value is -3.61. The van der Waals surface area contributed by atoms with Gasteiger partial charge in [0, 0.05) is 20.3 Å². The van der Waals surface area contributed by atoms with Gasteiger partial charge in [0.1, 0.15) is 11.6 Å². The summed E-state index contributed by atoms with van der Waals surface area (Å²) in [5.41, 5.74) is 2.87. The lowest BCUT2D eigenvalue weighted by atomic mass is 10.2. The highest BCUT2D eigenvalue weighted by molar-refractivity contribution is 5.89. The van der Waals surface area contributed by atoms with Crippen LogP contribution in [0.25, 0.3) is 16.6 Å². The van der Waals surface area contributed by atoms with Crippen LogP contribution in [0.1, 0.15) is 5.82 Å². The van der Waals surface area contributed by atoms with Crippen LogP contribution in [-0.4, -0.2) is 44.7 Å². The number of allylic oxidation sites excluding steroid dienone is 1. The maximum atomic E-state index is 11.4. The number of nitrogens with one attached hydrogen (secondary N) is 4. The van der Waals surface area contributed by atoms with Crippen molar-refractivity contribution in [2.75, 3.05) is 24.3 Å². The van der Waals surface area contributed by atoms with Crippen molar-refractivity contribution >= 4 is 28.0 Å². The van der Waals surface area contributed by atoms with Gasteiger partial charge in [0.2, 0.25) is 5.82 Å². The molecule has 10 heteroatoms. The van der Waals surface area contributed by atoms with Crippen molar-refractivity contribution in [3.8, 4) is 6.07 Å². The summed E-state index contributed by atoms with van der Waals surface area (Å²) in [7, 11) is 3.76. The van der Waals surface area contributed by atoms with Crippen LogP contribution in [-0.2, 0) is 0 Å². The zero-order valence-corrected chi connectivity index (χ0v) is 12.4. The summed E-state index contributed by atoms with van der Waals surface area (Å²) < 4.78 is 0. The third-order valence-corrected chi connectivity index (χ3v) is 3.19. The molecule has 0 aliphatic rings. The van der Waals surface area contributed by atoms with Gasteiger partial charge in [0.15, 0.2) is 0 Å². The van der Waals surface area contributed by atoms with Gasteiger partial charge in [-0.1, -0.05) is 0 Å². The fourth-order valence-electron chi connectivity index (χ4n) is 2.13. The molecule has 10 nitrogen and oxygen atoms in total. The van der Waals surface area contributed by atoms with Gasteiger partial charge in [-0.3, -0.25) is 0 Å². The predicted octanol–water partition coefficient (Wildman–Crippen LogP) is 0.412. The summed E-state index contributed by atoms with van der Waals surface area (Å²) in [5.74, 6) is 0.197. The number of hydrogen-bond acceptors (Lipinski definition) is 7. The zero-order chi connectivity index (χ0) is 16.4. The van der Waals surface area contributed by atoms with E-state index in [0.717, 1.165) is 5.69 Å². The van der Waals surface area contributed by atoms with Gasteiger partial charge in [-0.25, -0.2) is 4.79 Å². The van der Waals surface area contributed by atoms with E-state index in [-0.39, 0.29) is 17.1 Å². The largest absolute Gasteiger partial charge is 0.376 e. The average Bonchev–Trinajstić information content (AvgIpc) is 3.15. The van der Waals surface area contributed by atoms with Crippen LogP contribution in [0.3, 0.4) is 0 Å². The number of nitrogens with zero attached hydrogens (tertiary/aromatic N) is 5. The third-order valence-electron chi connectivity index (χ3n) is 3.19. The molecule has 116 valence electrons. The molecule has 0 spiro atoms. The first-order valence-electron chi connectivity index (χ1n) is 6.62. The first kappa shape index (κ1) is 14.3. The quantitative estimate of drug-likeness (QED) is 0.511. The lowest BCUT2D eigenvalue weighted by Gasteiger charge is -2.17. The zero-order valence-electron chi connectivity index (χ0n) is 12.4. The van der Waals surface area contributed by atoms with Gasteiger partial charge < -0.3 is 20.2 Å². The molecule has 23 heavy (non-hydrogen) atoms. The molecule has 3 rings (SSSR count). The number of hydrogen-bond donors (Lipinski definition) is 4. The monoisotopic (exact) mass is 311 g/mol. The summed E-state index contributed by atoms with van der Waals surface area (Å²) in [6, 6.07) is 5.62. The van der Waals surface area contributed by atoms with Crippen molar-refractivity contribution in [1.29, 1.82) is 5.26 Å². The minimum absolute atomic E-state index is 0.197. The SMILES string of the molecule is CN(C)c1cc2[nH]c(=O)[nH]c2cc1NC=C(C#N)c1nn[nH]n1. The average molecular weight is 311 g/mol. The van der Waals surface area contributed by atoms with Gasteiger partial charge in [0.05, 0.1) is 22.4 Å². The summed E-state index contributed by atoms with van der Waals surface area (Å²) >= 11 is 0. The lowest BCUT2D eigenvalue weighted by molar-refractivity contribution is 0.881. The van der Waals surface area contributed by atoms with Crippen molar-refractivity contribution < 1.29 is 0 Å². The fourth-order valence-corrected chi connectivity index (χ4v) is 2.13. The topological polar surface area (TPSA) is 142 Å². The molecule has 0 saturated carbocycles. The van der Waals surface area contributed by atoms with E-state index in [1.54, 1.807) is 6.07 Å². The Labute approximate surface area is 129 Å². The maximum absolute atomic E-state index is 11.4. The molecule has 3 aromatic rings. The molecule has 0 atom stereocenters. The number of imidazole rings is 1. The molecule has 0 unspecified atom stereocenters. The van der Waals surface area contributed by atoms with E-state index >= 15 is 0 Å². The second-order valence-corrected chi connectivity index (χ2v) is 4.94. The Bertz CT molecular complexity index is 956. The van der Waals surface area contributed by atoms with Crippen LogP contribution < -0.4 is 15.9 Å². The highest BCUT2D eigenvalue weighted by atomic mass is 16.1. The predicted molar refractivity (Wildman–Crippen MR) is 84.6 cm³/mol. The van der Waals surface area contributed by atoms with E-state index in [2.05, 4.69) is 35.9 Å². The molecular weight excluding hydrogens is 298 g/mol. The Kier molecular flexibility index (Phi) is 3.52. The number of aromatic nitrogens is 6. The van der Waals surface area contributed by atoms with E-state index < -0.39 is 0 Å². The second kappa shape index (κ2) is 5.64. The molecule has 1 aromatic carbocycles. The van der Waals surface area contributed by atoms with Gasteiger partial charge in [0.25, 0.3) is 0 Å². The number of anilines is 2. The molecule has 0 bridgehead atoms. The van der Waals surface area contributed by atoms with E-state index in [1.807, 2.05) is 31.1 Å². The maximum Gasteiger partial charge on any atom is 0.323 e. The van der Waals surface area contributed by atoms with E-state index in [4.69, 9.17) is 0 Å². The molecule has 4 N–H and O–H groups in total. The molecule has 0 amide bonds. The number of benzene rings is 1.